The zero-order valence-electron chi connectivity index (χ0n) is 17.6. The summed E-state index contributed by atoms with van der Waals surface area (Å²) >= 11 is 0. The summed E-state index contributed by atoms with van der Waals surface area (Å²) in [6, 6.07) is 8.69. The van der Waals surface area contributed by atoms with Crippen molar-refractivity contribution in [2.75, 3.05) is 58.5 Å². The van der Waals surface area contributed by atoms with Crippen LogP contribution >= 0.6 is 24.0 Å². The van der Waals surface area contributed by atoms with Crippen LogP contribution in [0.5, 0.6) is 0 Å². The van der Waals surface area contributed by atoms with Crippen LogP contribution in [0.15, 0.2) is 29.3 Å². The first-order valence-electron chi connectivity index (χ1n) is 10.2. The van der Waals surface area contributed by atoms with Crippen molar-refractivity contribution in [3.8, 4) is 0 Å². The lowest BCUT2D eigenvalue weighted by Gasteiger charge is -2.14. The number of benzene rings is 1. The van der Waals surface area contributed by atoms with Crippen LogP contribution in [-0.4, -0.2) is 65.6 Å². The average Bonchev–Trinajstić information content (AvgIpc) is 3.18. The third kappa shape index (κ3) is 9.93. The number of hydrogen-bond acceptors (Lipinski definition) is 4. The fourth-order valence-corrected chi connectivity index (χ4v) is 2.98. The number of nitrogens with one attached hydrogen (secondary N) is 2. The highest BCUT2D eigenvalue weighted by Crippen LogP contribution is 2.12. The van der Waals surface area contributed by atoms with E-state index in [1.54, 1.807) is 0 Å². The molecule has 28 heavy (non-hydrogen) atoms. The van der Waals surface area contributed by atoms with Crippen molar-refractivity contribution in [3.05, 3.63) is 29.8 Å². The van der Waals surface area contributed by atoms with Crippen molar-refractivity contribution in [2.45, 2.75) is 38.7 Å². The minimum Gasteiger partial charge on any atom is -0.379 e. The Kier molecular flexibility index (Phi) is 13.3. The summed E-state index contributed by atoms with van der Waals surface area (Å²) in [4.78, 5) is 6.74. The summed E-state index contributed by atoms with van der Waals surface area (Å²) in [6.45, 7) is 6.91. The maximum absolute atomic E-state index is 5.69. The number of halogens is 1. The monoisotopic (exact) mass is 504 g/mol. The molecule has 0 aromatic heterocycles. The summed E-state index contributed by atoms with van der Waals surface area (Å²) < 4.78 is 11.2. The third-order valence-electron chi connectivity index (χ3n) is 4.55. The molecule has 0 aliphatic carbocycles. The first kappa shape index (κ1) is 25.0. The molecule has 1 saturated heterocycles. The van der Waals surface area contributed by atoms with Gasteiger partial charge in [-0.25, -0.2) is 0 Å². The van der Waals surface area contributed by atoms with E-state index in [0.717, 1.165) is 64.5 Å². The van der Waals surface area contributed by atoms with Gasteiger partial charge >= 0.3 is 0 Å². The molecule has 1 atom stereocenters. The molecule has 0 spiro atoms. The fourth-order valence-electron chi connectivity index (χ4n) is 2.98. The Hall–Kier alpha value is -1.06. The van der Waals surface area contributed by atoms with Gasteiger partial charge in [-0.15, -0.1) is 24.0 Å². The van der Waals surface area contributed by atoms with Crippen molar-refractivity contribution < 1.29 is 9.47 Å². The second kappa shape index (κ2) is 14.9. The van der Waals surface area contributed by atoms with E-state index in [4.69, 9.17) is 9.47 Å². The summed E-state index contributed by atoms with van der Waals surface area (Å²) in [5, 5.41) is 6.71. The molecule has 160 valence electrons. The summed E-state index contributed by atoms with van der Waals surface area (Å²) in [7, 11) is 4.12. The first-order valence-corrected chi connectivity index (χ1v) is 10.2. The van der Waals surface area contributed by atoms with Crippen LogP contribution < -0.4 is 15.5 Å². The van der Waals surface area contributed by atoms with E-state index in [0.29, 0.717) is 12.7 Å². The number of rotatable bonds is 11. The Bertz CT molecular complexity index is 546. The van der Waals surface area contributed by atoms with Gasteiger partial charge in [0.05, 0.1) is 12.7 Å². The van der Waals surface area contributed by atoms with Gasteiger partial charge in [0.2, 0.25) is 0 Å². The number of anilines is 1. The topological polar surface area (TPSA) is 58.1 Å². The highest BCUT2D eigenvalue weighted by atomic mass is 127. The normalized spacial score (nSPS) is 16.5. The van der Waals surface area contributed by atoms with E-state index < -0.39 is 0 Å². The Labute approximate surface area is 187 Å². The van der Waals surface area contributed by atoms with E-state index in [-0.39, 0.29) is 24.0 Å². The van der Waals surface area contributed by atoms with E-state index in [2.05, 4.69) is 65.8 Å². The van der Waals surface area contributed by atoms with Crippen LogP contribution in [0.25, 0.3) is 0 Å². The summed E-state index contributed by atoms with van der Waals surface area (Å²) in [6.07, 6.45) is 4.50. The third-order valence-corrected chi connectivity index (χ3v) is 4.55. The molecule has 1 aromatic rings. The van der Waals surface area contributed by atoms with E-state index in [9.17, 15) is 0 Å². The van der Waals surface area contributed by atoms with Gasteiger partial charge in [-0.05, 0) is 50.3 Å². The number of hydrogen-bond donors (Lipinski definition) is 2. The largest absolute Gasteiger partial charge is 0.379 e. The Morgan fingerprint density at radius 3 is 2.68 bits per heavy atom. The van der Waals surface area contributed by atoms with E-state index >= 15 is 0 Å². The Balaban J connectivity index is 0.00000392. The minimum absolute atomic E-state index is 0. The lowest BCUT2D eigenvalue weighted by molar-refractivity contribution is 0.0171. The predicted octanol–water partition coefficient (Wildman–Crippen LogP) is 3.05. The van der Waals surface area contributed by atoms with Gasteiger partial charge in [0.1, 0.15) is 0 Å². The molecular formula is C21H37IN4O2. The molecule has 0 amide bonds. The van der Waals surface area contributed by atoms with Crippen molar-refractivity contribution in [3.63, 3.8) is 0 Å². The molecular weight excluding hydrogens is 467 g/mol. The average molecular weight is 504 g/mol. The maximum atomic E-state index is 5.69. The van der Waals surface area contributed by atoms with Gasteiger partial charge in [0.25, 0.3) is 0 Å². The SMILES string of the molecule is CCNC(=NCCCOCC1CCCO1)NCCc1ccc(N(C)C)cc1.I. The molecule has 1 unspecified atom stereocenters. The van der Waals surface area contributed by atoms with Gasteiger partial charge in [0.15, 0.2) is 5.96 Å². The van der Waals surface area contributed by atoms with Crippen LogP contribution in [0.1, 0.15) is 31.7 Å². The second-order valence-electron chi connectivity index (χ2n) is 7.06. The van der Waals surface area contributed by atoms with Gasteiger partial charge in [-0.3, -0.25) is 4.99 Å². The standard InChI is InChI=1S/C21H36N4O2.HI/c1-4-22-21(23-13-6-15-26-17-20-7-5-16-27-20)24-14-12-18-8-10-19(11-9-18)25(2)3;/h8-11,20H,4-7,12-17H2,1-3H3,(H2,22,23,24);1H. The van der Waals surface area contributed by atoms with Crippen molar-refractivity contribution in [1.82, 2.24) is 10.6 Å². The van der Waals surface area contributed by atoms with Crippen molar-refractivity contribution in [2.24, 2.45) is 4.99 Å². The van der Waals surface area contributed by atoms with Crippen LogP contribution in [0.4, 0.5) is 5.69 Å². The Morgan fingerprint density at radius 1 is 1.25 bits per heavy atom. The van der Waals surface area contributed by atoms with Gasteiger partial charge in [-0.1, -0.05) is 12.1 Å². The molecule has 7 heteroatoms. The van der Waals surface area contributed by atoms with Crippen molar-refractivity contribution >= 4 is 35.6 Å². The van der Waals surface area contributed by atoms with Crippen LogP contribution in [0.3, 0.4) is 0 Å². The minimum atomic E-state index is 0. The lowest BCUT2D eigenvalue weighted by Crippen LogP contribution is -2.38. The number of ether oxygens (including phenoxy) is 2. The lowest BCUT2D eigenvalue weighted by atomic mass is 10.1. The van der Waals surface area contributed by atoms with Gasteiger partial charge in [-0.2, -0.15) is 0 Å². The molecule has 2 rings (SSSR count). The van der Waals surface area contributed by atoms with E-state index in [1.807, 2.05) is 0 Å². The molecule has 1 fully saturated rings. The second-order valence-corrected chi connectivity index (χ2v) is 7.06. The predicted molar refractivity (Wildman–Crippen MR) is 128 cm³/mol. The molecule has 6 nitrogen and oxygen atoms in total. The molecule has 0 saturated carbocycles. The summed E-state index contributed by atoms with van der Waals surface area (Å²) in [5.41, 5.74) is 2.55. The molecule has 0 bridgehead atoms. The van der Waals surface area contributed by atoms with Gasteiger partial charge in [0, 0.05) is 52.6 Å². The molecule has 1 heterocycles. The van der Waals surface area contributed by atoms with Crippen LogP contribution in [-0.2, 0) is 15.9 Å². The molecule has 1 aliphatic rings. The quantitative estimate of drug-likeness (QED) is 0.210. The Morgan fingerprint density at radius 2 is 2.04 bits per heavy atom. The highest BCUT2D eigenvalue weighted by molar-refractivity contribution is 14.0. The maximum Gasteiger partial charge on any atom is 0.191 e. The number of nitrogens with zero attached hydrogens (tertiary/aromatic N) is 2. The smallest absolute Gasteiger partial charge is 0.191 e. The zero-order valence-corrected chi connectivity index (χ0v) is 19.9. The number of aliphatic imine (C=N–C) groups is 1. The molecule has 2 N–H and O–H groups in total. The van der Waals surface area contributed by atoms with Gasteiger partial charge < -0.3 is 25.0 Å². The van der Waals surface area contributed by atoms with E-state index in [1.165, 1.54) is 11.3 Å². The first-order chi connectivity index (χ1) is 13.2. The molecule has 1 aliphatic heterocycles. The van der Waals surface area contributed by atoms with Crippen molar-refractivity contribution in [1.29, 1.82) is 0 Å². The fraction of sp³-hybridized carbons (Fsp3) is 0.667. The highest BCUT2D eigenvalue weighted by Gasteiger charge is 2.14. The van der Waals surface area contributed by atoms with Crippen LogP contribution in [0.2, 0.25) is 0 Å². The molecule has 0 radical (unpaired) electrons. The number of guanidine groups is 1. The summed E-state index contributed by atoms with van der Waals surface area (Å²) in [5.74, 6) is 0.876. The van der Waals surface area contributed by atoms with Crippen LogP contribution in [0, 0.1) is 0 Å². The zero-order chi connectivity index (χ0) is 19.3. The molecule has 1 aromatic carbocycles.